The summed E-state index contributed by atoms with van der Waals surface area (Å²) in [4.78, 5) is 7.40. The first kappa shape index (κ1) is 9.76. The molecule has 0 amide bonds. The lowest BCUT2D eigenvalue weighted by Crippen LogP contribution is -2.16. The fraction of sp³-hybridized carbons (Fsp3) is 0.556. The van der Waals surface area contributed by atoms with Crippen molar-refractivity contribution in [3.8, 4) is 0 Å². The highest BCUT2D eigenvalue weighted by molar-refractivity contribution is 7.71. The zero-order valence-electron chi connectivity index (χ0n) is 7.97. The summed E-state index contributed by atoms with van der Waals surface area (Å²) in [6.07, 6.45) is 1.97. The van der Waals surface area contributed by atoms with Gasteiger partial charge in [-0.2, -0.15) is 0 Å². The Labute approximate surface area is 87.9 Å². The summed E-state index contributed by atoms with van der Waals surface area (Å²) >= 11 is 5.05. The minimum atomic E-state index is 0.473. The van der Waals surface area contributed by atoms with Crippen LogP contribution in [0, 0.1) is 4.77 Å². The molecule has 0 fully saturated rings. The van der Waals surface area contributed by atoms with Crippen LogP contribution >= 0.6 is 12.2 Å². The van der Waals surface area contributed by atoms with Crippen LogP contribution in [0.4, 0.5) is 0 Å². The van der Waals surface area contributed by atoms with Gasteiger partial charge in [-0.25, -0.2) is 4.98 Å². The van der Waals surface area contributed by atoms with E-state index in [0.29, 0.717) is 11.3 Å². The van der Waals surface area contributed by atoms with E-state index in [0.717, 1.165) is 31.6 Å². The molecule has 2 heterocycles. The number of rotatable bonds is 1. The Balaban J connectivity index is 2.52. The molecule has 0 saturated carbocycles. The molecule has 1 aromatic heterocycles. The molecule has 0 bridgehead atoms. The molecule has 1 aliphatic heterocycles. The van der Waals surface area contributed by atoms with Crippen molar-refractivity contribution in [1.29, 1.82) is 0 Å². The third-order valence-corrected chi connectivity index (χ3v) is 2.70. The smallest absolute Gasteiger partial charge is 0.197 e. The van der Waals surface area contributed by atoms with Gasteiger partial charge >= 0.3 is 0 Å². The zero-order chi connectivity index (χ0) is 9.97. The van der Waals surface area contributed by atoms with Gasteiger partial charge in [0.1, 0.15) is 0 Å². The molecule has 76 valence electrons. The quantitative estimate of drug-likeness (QED) is 0.583. The molecule has 0 spiro atoms. The van der Waals surface area contributed by atoms with E-state index in [1.807, 2.05) is 0 Å². The lowest BCUT2D eigenvalue weighted by atomic mass is 10.1. The van der Waals surface area contributed by atoms with Gasteiger partial charge in [-0.15, -0.1) is 0 Å². The summed E-state index contributed by atoms with van der Waals surface area (Å²) in [5, 5.41) is 3.34. The third kappa shape index (κ3) is 1.84. The predicted octanol–water partition coefficient (Wildman–Crippen LogP) is 0.286. The van der Waals surface area contributed by atoms with Crippen LogP contribution in [0.2, 0.25) is 0 Å². The first-order valence-corrected chi connectivity index (χ1v) is 5.24. The molecule has 1 aliphatic rings. The van der Waals surface area contributed by atoms with Crippen molar-refractivity contribution >= 4 is 12.2 Å². The molecule has 5 heteroatoms. The summed E-state index contributed by atoms with van der Waals surface area (Å²) < 4.78 is 0.547. The van der Waals surface area contributed by atoms with E-state index >= 15 is 0 Å². The van der Waals surface area contributed by atoms with Crippen molar-refractivity contribution in [1.82, 2.24) is 15.3 Å². The minimum absolute atomic E-state index is 0.473. The average Bonchev–Trinajstić information content (AvgIpc) is 2.41. The Bertz CT molecular complexity index is 385. The third-order valence-electron chi connectivity index (χ3n) is 2.50. The fourth-order valence-electron chi connectivity index (χ4n) is 1.83. The van der Waals surface area contributed by atoms with Gasteiger partial charge in [0.15, 0.2) is 4.77 Å². The molecular weight excluding hydrogens is 196 g/mol. The summed E-state index contributed by atoms with van der Waals surface area (Å²) in [6, 6.07) is 0. The van der Waals surface area contributed by atoms with Crippen molar-refractivity contribution < 1.29 is 0 Å². The van der Waals surface area contributed by atoms with Gasteiger partial charge in [0, 0.05) is 25.2 Å². The minimum Gasteiger partial charge on any atom is -0.334 e. The molecule has 0 radical (unpaired) electrons. The fourth-order valence-corrected chi connectivity index (χ4v) is 2.06. The molecular formula is C9H14N4S. The van der Waals surface area contributed by atoms with Gasteiger partial charge in [0.25, 0.3) is 0 Å². The summed E-state index contributed by atoms with van der Waals surface area (Å²) in [5.41, 5.74) is 9.06. The van der Waals surface area contributed by atoms with Gasteiger partial charge in [0.2, 0.25) is 0 Å². The number of hydrogen-bond acceptors (Lipinski definition) is 4. The van der Waals surface area contributed by atoms with Crippen LogP contribution in [0.5, 0.6) is 0 Å². The maximum Gasteiger partial charge on any atom is 0.197 e. The Morgan fingerprint density at radius 1 is 1.36 bits per heavy atom. The van der Waals surface area contributed by atoms with E-state index in [-0.39, 0.29) is 0 Å². The SMILES string of the molecule is NCc1nc(=S)[nH]c2c1CCNCC2. The number of fused-ring (bicyclic) bond motifs is 1. The van der Waals surface area contributed by atoms with Crippen LogP contribution in [0.15, 0.2) is 0 Å². The molecule has 0 saturated heterocycles. The van der Waals surface area contributed by atoms with Crippen molar-refractivity contribution in [2.75, 3.05) is 13.1 Å². The van der Waals surface area contributed by atoms with Crippen LogP contribution in [-0.2, 0) is 19.4 Å². The highest BCUT2D eigenvalue weighted by atomic mass is 32.1. The number of aromatic nitrogens is 2. The number of nitrogens with two attached hydrogens (primary N) is 1. The van der Waals surface area contributed by atoms with E-state index in [2.05, 4.69) is 15.3 Å². The number of nitrogens with one attached hydrogen (secondary N) is 2. The second-order valence-electron chi connectivity index (χ2n) is 3.40. The molecule has 14 heavy (non-hydrogen) atoms. The molecule has 0 atom stereocenters. The Morgan fingerprint density at radius 3 is 2.93 bits per heavy atom. The van der Waals surface area contributed by atoms with E-state index < -0.39 is 0 Å². The summed E-state index contributed by atoms with van der Waals surface area (Å²) in [5.74, 6) is 0. The maximum absolute atomic E-state index is 5.65. The molecule has 4 N–H and O–H groups in total. The summed E-state index contributed by atoms with van der Waals surface area (Å²) in [6.45, 7) is 2.46. The molecule has 4 nitrogen and oxygen atoms in total. The van der Waals surface area contributed by atoms with Crippen LogP contribution in [0.25, 0.3) is 0 Å². The number of aromatic amines is 1. The van der Waals surface area contributed by atoms with Crippen LogP contribution in [0.1, 0.15) is 17.0 Å². The second kappa shape index (κ2) is 4.16. The molecule has 2 rings (SSSR count). The van der Waals surface area contributed by atoms with Crippen molar-refractivity contribution in [3.63, 3.8) is 0 Å². The lowest BCUT2D eigenvalue weighted by molar-refractivity contribution is 0.707. The topological polar surface area (TPSA) is 66.7 Å². The second-order valence-corrected chi connectivity index (χ2v) is 3.79. The summed E-state index contributed by atoms with van der Waals surface area (Å²) in [7, 11) is 0. The predicted molar refractivity (Wildman–Crippen MR) is 57.6 cm³/mol. The van der Waals surface area contributed by atoms with Crippen LogP contribution in [-0.4, -0.2) is 23.1 Å². The van der Waals surface area contributed by atoms with Gasteiger partial charge in [-0.3, -0.25) is 0 Å². The Hall–Kier alpha value is -0.780. The van der Waals surface area contributed by atoms with Gasteiger partial charge < -0.3 is 16.0 Å². The van der Waals surface area contributed by atoms with Crippen molar-refractivity contribution in [3.05, 3.63) is 21.7 Å². The van der Waals surface area contributed by atoms with E-state index in [4.69, 9.17) is 18.0 Å². The zero-order valence-corrected chi connectivity index (χ0v) is 8.78. The lowest BCUT2D eigenvalue weighted by Gasteiger charge is -2.09. The first-order chi connectivity index (χ1) is 6.81. The Kier molecular flexibility index (Phi) is 2.90. The highest BCUT2D eigenvalue weighted by Crippen LogP contribution is 2.13. The standard InChI is InChI=1S/C9H14N4S/c10-5-8-6-1-3-11-4-2-7(6)12-9(14)13-8/h11H,1-5,10H2,(H,12,13,14). The molecule has 0 unspecified atom stereocenters. The number of hydrogen-bond donors (Lipinski definition) is 3. The number of nitrogens with zero attached hydrogens (tertiary/aromatic N) is 1. The highest BCUT2D eigenvalue weighted by Gasteiger charge is 2.12. The largest absolute Gasteiger partial charge is 0.334 e. The van der Waals surface area contributed by atoms with Gasteiger partial charge in [0.05, 0.1) is 5.69 Å². The molecule has 0 aromatic carbocycles. The maximum atomic E-state index is 5.65. The van der Waals surface area contributed by atoms with E-state index in [1.54, 1.807) is 0 Å². The van der Waals surface area contributed by atoms with Gasteiger partial charge in [-0.1, -0.05) is 0 Å². The normalized spacial score (nSPS) is 16.1. The van der Waals surface area contributed by atoms with Crippen molar-refractivity contribution in [2.24, 2.45) is 5.73 Å². The van der Waals surface area contributed by atoms with Crippen LogP contribution in [0.3, 0.4) is 0 Å². The molecule has 1 aromatic rings. The van der Waals surface area contributed by atoms with Crippen LogP contribution < -0.4 is 11.1 Å². The molecule has 0 aliphatic carbocycles. The monoisotopic (exact) mass is 210 g/mol. The van der Waals surface area contributed by atoms with Crippen molar-refractivity contribution in [2.45, 2.75) is 19.4 Å². The first-order valence-electron chi connectivity index (χ1n) is 4.83. The van der Waals surface area contributed by atoms with Gasteiger partial charge in [-0.05, 0) is 30.7 Å². The van der Waals surface area contributed by atoms with E-state index in [1.165, 1.54) is 11.3 Å². The average molecular weight is 210 g/mol. The Morgan fingerprint density at radius 2 is 2.14 bits per heavy atom. The number of H-pyrrole nitrogens is 1. The van der Waals surface area contributed by atoms with E-state index in [9.17, 15) is 0 Å².